The molecule has 0 unspecified atom stereocenters. The Bertz CT molecular complexity index is 327. The summed E-state index contributed by atoms with van der Waals surface area (Å²) in [5.74, 6) is 3.22. The Labute approximate surface area is 103 Å². The predicted octanol–water partition coefficient (Wildman–Crippen LogP) is 3.75. The van der Waals surface area contributed by atoms with E-state index in [0.717, 1.165) is 0 Å². The van der Waals surface area contributed by atoms with E-state index in [0.29, 0.717) is 5.92 Å². The summed E-state index contributed by atoms with van der Waals surface area (Å²) in [5, 5.41) is 0. The summed E-state index contributed by atoms with van der Waals surface area (Å²) in [4.78, 5) is 2.53. The number of hydrogen-bond donors (Lipinski definition) is 0. The monoisotopic (exact) mass is 235 g/mol. The van der Waals surface area contributed by atoms with Crippen LogP contribution < -0.4 is 4.90 Å². The van der Waals surface area contributed by atoms with Crippen molar-refractivity contribution in [3.05, 3.63) is 29.8 Å². The van der Waals surface area contributed by atoms with Crippen LogP contribution in [0.1, 0.15) is 31.7 Å². The van der Waals surface area contributed by atoms with E-state index in [1.807, 2.05) is 0 Å². The number of rotatable bonds is 2. The summed E-state index contributed by atoms with van der Waals surface area (Å²) in [5.41, 5.74) is 2.86. The van der Waals surface area contributed by atoms with Crippen molar-refractivity contribution in [3.8, 4) is 0 Å². The molecule has 0 aromatic heterocycles. The van der Waals surface area contributed by atoms with Gasteiger partial charge in [-0.05, 0) is 35.8 Å². The molecular formula is C14H21NS. The standard InChI is InChI=1S/C14H21NS/c1-12(2)13-5-3-6-14(11-13)15-7-4-9-16-10-8-15/h3,5-6,11-12H,4,7-10H2,1-2H3. The van der Waals surface area contributed by atoms with Crippen LogP contribution in [0.25, 0.3) is 0 Å². The van der Waals surface area contributed by atoms with Crippen LogP contribution in [0.5, 0.6) is 0 Å². The molecule has 1 nitrogen and oxygen atoms in total. The molecule has 2 heteroatoms. The van der Waals surface area contributed by atoms with E-state index in [1.165, 1.54) is 42.3 Å². The molecule has 1 aromatic rings. The van der Waals surface area contributed by atoms with Gasteiger partial charge in [-0.1, -0.05) is 26.0 Å². The van der Waals surface area contributed by atoms with Gasteiger partial charge in [-0.3, -0.25) is 0 Å². The number of thioether (sulfide) groups is 1. The van der Waals surface area contributed by atoms with E-state index >= 15 is 0 Å². The van der Waals surface area contributed by atoms with Gasteiger partial charge >= 0.3 is 0 Å². The summed E-state index contributed by atoms with van der Waals surface area (Å²) in [6.07, 6.45) is 1.32. The van der Waals surface area contributed by atoms with Crippen molar-refractivity contribution in [3.63, 3.8) is 0 Å². The normalized spacial score (nSPS) is 17.6. The zero-order valence-electron chi connectivity index (χ0n) is 10.3. The van der Waals surface area contributed by atoms with Crippen molar-refractivity contribution in [1.29, 1.82) is 0 Å². The Balaban J connectivity index is 2.15. The first-order chi connectivity index (χ1) is 7.77. The van der Waals surface area contributed by atoms with E-state index in [2.05, 4.69) is 54.8 Å². The Morgan fingerprint density at radius 1 is 1.19 bits per heavy atom. The number of hydrogen-bond acceptors (Lipinski definition) is 2. The summed E-state index contributed by atoms with van der Waals surface area (Å²) >= 11 is 2.08. The second-order valence-electron chi connectivity index (χ2n) is 4.70. The highest BCUT2D eigenvalue weighted by molar-refractivity contribution is 7.99. The van der Waals surface area contributed by atoms with Crippen LogP contribution in [0.4, 0.5) is 5.69 Å². The highest BCUT2D eigenvalue weighted by Crippen LogP contribution is 2.23. The molecule has 0 amide bonds. The lowest BCUT2D eigenvalue weighted by Crippen LogP contribution is -2.25. The Morgan fingerprint density at radius 3 is 2.88 bits per heavy atom. The quantitative estimate of drug-likeness (QED) is 0.768. The van der Waals surface area contributed by atoms with Gasteiger partial charge in [0.25, 0.3) is 0 Å². The van der Waals surface area contributed by atoms with Gasteiger partial charge in [0.15, 0.2) is 0 Å². The van der Waals surface area contributed by atoms with E-state index in [1.54, 1.807) is 0 Å². The van der Waals surface area contributed by atoms with Crippen LogP contribution in [0.3, 0.4) is 0 Å². The Morgan fingerprint density at radius 2 is 2.06 bits per heavy atom. The van der Waals surface area contributed by atoms with Crippen molar-refractivity contribution >= 4 is 17.4 Å². The van der Waals surface area contributed by atoms with E-state index in [9.17, 15) is 0 Å². The second kappa shape index (κ2) is 5.62. The molecule has 1 aliphatic rings. The highest BCUT2D eigenvalue weighted by atomic mass is 32.2. The first-order valence-electron chi connectivity index (χ1n) is 6.20. The van der Waals surface area contributed by atoms with E-state index in [4.69, 9.17) is 0 Å². The Hall–Kier alpha value is -0.630. The molecule has 2 rings (SSSR count). The van der Waals surface area contributed by atoms with E-state index < -0.39 is 0 Å². The molecule has 0 radical (unpaired) electrons. The largest absolute Gasteiger partial charge is 0.371 e. The maximum atomic E-state index is 2.53. The molecule has 0 spiro atoms. The third-order valence-corrected chi connectivity index (χ3v) is 4.17. The molecule has 1 fully saturated rings. The smallest absolute Gasteiger partial charge is 0.0369 e. The molecule has 0 N–H and O–H groups in total. The summed E-state index contributed by atoms with van der Waals surface area (Å²) in [6, 6.07) is 9.05. The van der Waals surface area contributed by atoms with Crippen LogP contribution in [0.15, 0.2) is 24.3 Å². The molecule has 1 aromatic carbocycles. The van der Waals surface area contributed by atoms with Gasteiger partial charge < -0.3 is 4.90 Å². The van der Waals surface area contributed by atoms with Crippen LogP contribution in [-0.4, -0.2) is 24.6 Å². The number of nitrogens with zero attached hydrogens (tertiary/aromatic N) is 1. The number of anilines is 1. The summed E-state index contributed by atoms with van der Waals surface area (Å²) < 4.78 is 0. The average molecular weight is 235 g/mol. The molecule has 1 saturated heterocycles. The van der Waals surface area contributed by atoms with Gasteiger partial charge in [0.1, 0.15) is 0 Å². The van der Waals surface area contributed by atoms with Gasteiger partial charge in [-0.25, -0.2) is 0 Å². The van der Waals surface area contributed by atoms with Crippen molar-refractivity contribution in [1.82, 2.24) is 0 Å². The van der Waals surface area contributed by atoms with Gasteiger partial charge in [-0.15, -0.1) is 0 Å². The highest BCUT2D eigenvalue weighted by Gasteiger charge is 2.10. The molecular weight excluding hydrogens is 214 g/mol. The SMILES string of the molecule is CC(C)c1cccc(N2CCCSCC2)c1. The maximum Gasteiger partial charge on any atom is 0.0369 e. The van der Waals surface area contributed by atoms with Crippen LogP contribution >= 0.6 is 11.8 Å². The number of benzene rings is 1. The topological polar surface area (TPSA) is 3.24 Å². The average Bonchev–Trinajstić information content (AvgIpc) is 2.57. The summed E-state index contributed by atoms with van der Waals surface area (Å²) in [7, 11) is 0. The van der Waals surface area contributed by atoms with Gasteiger partial charge in [0.2, 0.25) is 0 Å². The molecule has 0 bridgehead atoms. The summed E-state index contributed by atoms with van der Waals surface area (Å²) in [6.45, 7) is 6.94. The van der Waals surface area contributed by atoms with Crippen molar-refractivity contribution in [2.24, 2.45) is 0 Å². The first kappa shape index (κ1) is 11.8. The molecule has 16 heavy (non-hydrogen) atoms. The minimum atomic E-state index is 0.626. The minimum absolute atomic E-state index is 0.626. The van der Waals surface area contributed by atoms with Gasteiger partial charge in [0, 0.05) is 24.5 Å². The molecule has 1 aliphatic heterocycles. The fourth-order valence-electron chi connectivity index (χ4n) is 2.08. The fraction of sp³-hybridized carbons (Fsp3) is 0.571. The van der Waals surface area contributed by atoms with E-state index in [-0.39, 0.29) is 0 Å². The third-order valence-electron chi connectivity index (χ3n) is 3.12. The van der Waals surface area contributed by atoms with Crippen molar-refractivity contribution < 1.29 is 0 Å². The molecule has 88 valence electrons. The van der Waals surface area contributed by atoms with Crippen molar-refractivity contribution in [2.75, 3.05) is 29.5 Å². The maximum absolute atomic E-state index is 2.53. The minimum Gasteiger partial charge on any atom is -0.371 e. The van der Waals surface area contributed by atoms with Crippen LogP contribution in [0, 0.1) is 0 Å². The van der Waals surface area contributed by atoms with Gasteiger partial charge in [-0.2, -0.15) is 11.8 Å². The van der Waals surface area contributed by atoms with Crippen molar-refractivity contribution in [2.45, 2.75) is 26.2 Å². The fourth-order valence-corrected chi connectivity index (χ4v) is 2.97. The first-order valence-corrected chi connectivity index (χ1v) is 7.35. The predicted molar refractivity (Wildman–Crippen MR) is 74.7 cm³/mol. The molecule has 0 aliphatic carbocycles. The zero-order chi connectivity index (χ0) is 11.4. The van der Waals surface area contributed by atoms with Crippen LogP contribution in [0.2, 0.25) is 0 Å². The lowest BCUT2D eigenvalue weighted by atomic mass is 10.0. The lowest BCUT2D eigenvalue weighted by molar-refractivity contribution is 0.810. The molecule has 1 heterocycles. The third kappa shape index (κ3) is 2.94. The lowest BCUT2D eigenvalue weighted by Gasteiger charge is -2.23. The zero-order valence-corrected chi connectivity index (χ0v) is 11.1. The van der Waals surface area contributed by atoms with Crippen LogP contribution in [-0.2, 0) is 0 Å². The van der Waals surface area contributed by atoms with Gasteiger partial charge in [0.05, 0.1) is 0 Å². The molecule has 0 saturated carbocycles. The second-order valence-corrected chi connectivity index (χ2v) is 5.93. The molecule has 0 atom stereocenters. The Kier molecular flexibility index (Phi) is 4.16.